The largest absolute Gasteiger partial charge is 0.335 e. The van der Waals surface area contributed by atoms with Gasteiger partial charge in [0.1, 0.15) is 0 Å². The van der Waals surface area contributed by atoms with Crippen LogP contribution >= 0.6 is 50.3 Å². The highest BCUT2D eigenvalue weighted by atomic mass is 127. The van der Waals surface area contributed by atoms with Gasteiger partial charge in [0.15, 0.2) is 0 Å². The van der Waals surface area contributed by atoms with Gasteiger partial charge in [0.05, 0.1) is 6.04 Å². The quantitative estimate of drug-likeness (QED) is 0.564. The summed E-state index contributed by atoms with van der Waals surface area (Å²) in [5.41, 5.74) is 0. The Morgan fingerprint density at radius 1 is 1.53 bits per heavy atom. The van der Waals surface area contributed by atoms with E-state index in [1.54, 1.807) is 0 Å². The van der Waals surface area contributed by atoms with Crippen molar-refractivity contribution in [2.24, 2.45) is 0 Å². The normalized spacial score (nSPS) is 21.7. The number of rotatable bonds is 2. The summed E-state index contributed by atoms with van der Waals surface area (Å²) in [6.45, 7) is 1.04. The maximum Gasteiger partial charge on any atom is 0.225 e. The maximum atomic E-state index is 4.38. The molecule has 15 heavy (non-hydrogen) atoms. The number of hydrogen-bond donors (Lipinski definition) is 0. The lowest BCUT2D eigenvalue weighted by Crippen LogP contribution is -2.44. The van der Waals surface area contributed by atoms with E-state index < -0.39 is 0 Å². The molecule has 2 heterocycles. The Labute approximate surface area is 116 Å². The molecule has 1 fully saturated rings. The molecule has 2 rings (SSSR count). The van der Waals surface area contributed by atoms with E-state index in [1.807, 2.05) is 24.2 Å². The van der Waals surface area contributed by atoms with Crippen LogP contribution in [0.15, 0.2) is 12.4 Å². The predicted molar refractivity (Wildman–Crippen MR) is 77.0 cm³/mol. The molecule has 0 aromatic carbocycles. The Morgan fingerprint density at radius 2 is 2.27 bits per heavy atom. The van der Waals surface area contributed by atoms with E-state index in [4.69, 9.17) is 0 Å². The van der Waals surface area contributed by atoms with Gasteiger partial charge in [-0.2, -0.15) is 11.8 Å². The van der Waals surface area contributed by atoms with Gasteiger partial charge < -0.3 is 4.90 Å². The van der Waals surface area contributed by atoms with Crippen molar-refractivity contribution in [2.45, 2.75) is 6.04 Å². The lowest BCUT2D eigenvalue weighted by molar-refractivity contribution is 0.687. The molecule has 1 aliphatic heterocycles. The highest BCUT2D eigenvalue weighted by Gasteiger charge is 2.23. The van der Waals surface area contributed by atoms with Crippen LogP contribution in [0.25, 0.3) is 0 Å². The van der Waals surface area contributed by atoms with Crippen LogP contribution in [0.2, 0.25) is 0 Å². The summed E-state index contributed by atoms with van der Waals surface area (Å²) in [6.07, 6.45) is 3.74. The molecule has 1 aliphatic rings. The van der Waals surface area contributed by atoms with Crippen molar-refractivity contribution in [1.29, 1.82) is 0 Å². The Bertz CT molecular complexity index is 322. The van der Waals surface area contributed by atoms with Crippen LogP contribution in [-0.4, -0.2) is 39.4 Å². The summed E-state index contributed by atoms with van der Waals surface area (Å²) >= 11 is 7.78. The van der Waals surface area contributed by atoms with Crippen LogP contribution in [0.5, 0.6) is 0 Å². The molecular weight excluding hydrogens is 389 g/mol. The van der Waals surface area contributed by atoms with Crippen molar-refractivity contribution < 1.29 is 0 Å². The molecule has 3 nitrogen and oxygen atoms in total. The fourth-order valence-corrected chi connectivity index (χ4v) is 3.72. The van der Waals surface area contributed by atoms with Gasteiger partial charge >= 0.3 is 0 Å². The fraction of sp³-hybridized carbons (Fsp3) is 0.556. The third-order valence-electron chi connectivity index (χ3n) is 2.27. The van der Waals surface area contributed by atoms with Crippen LogP contribution in [0.1, 0.15) is 0 Å². The maximum absolute atomic E-state index is 4.38. The van der Waals surface area contributed by atoms with Gasteiger partial charge in [-0.25, -0.2) is 9.97 Å². The zero-order valence-corrected chi connectivity index (χ0v) is 12.6. The molecular formula is C9H11BrIN3S. The predicted octanol–water partition coefficient (Wildman–Crippen LogP) is 2.40. The molecule has 1 unspecified atom stereocenters. The number of thioether (sulfide) groups is 1. The lowest BCUT2D eigenvalue weighted by atomic mass is 10.3. The number of hydrogen-bond acceptors (Lipinski definition) is 4. The summed E-state index contributed by atoms with van der Waals surface area (Å²) in [5.74, 6) is 3.18. The highest BCUT2D eigenvalue weighted by molar-refractivity contribution is 14.1. The van der Waals surface area contributed by atoms with Crippen LogP contribution in [0.3, 0.4) is 0 Å². The highest BCUT2D eigenvalue weighted by Crippen LogP contribution is 2.22. The molecule has 0 amide bonds. The molecule has 82 valence electrons. The van der Waals surface area contributed by atoms with Gasteiger partial charge in [0.25, 0.3) is 0 Å². The molecule has 0 aliphatic carbocycles. The van der Waals surface area contributed by atoms with E-state index in [0.717, 1.165) is 27.1 Å². The first kappa shape index (κ1) is 11.9. The monoisotopic (exact) mass is 399 g/mol. The van der Waals surface area contributed by atoms with Crippen molar-refractivity contribution in [3.8, 4) is 0 Å². The Hall–Kier alpha value is 0.440. The second kappa shape index (κ2) is 5.67. The standard InChI is InChI=1S/C9H11BrIN3S/c10-3-8-6-15-2-1-14(8)9-12-4-7(11)5-13-9/h4-5,8H,1-3,6H2. The molecule has 6 heteroatoms. The van der Waals surface area contributed by atoms with Crippen LogP contribution < -0.4 is 4.90 Å². The average Bonchev–Trinajstić information content (AvgIpc) is 2.30. The number of aromatic nitrogens is 2. The average molecular weight is 400 g/mol. The molecule has 1 aromatic rings. The topological polar surface area (TPSA) is 29.0 Å². The van der Waals surface area contributed by atoms with E-state index in [-0.39, 0.29) is 0 Å². The van der Waals surface area contributed by atoms with E-state index in [1.165, 1.54) is 5.75 Å². The van der Waals surface area contributed by atoms with Crippen molar-refractivity contribution >= 4 is 56.2 Å². The van der Waals surface area contributed by atoms with Gasteiger partial charge in [0, 0.05) is 39.3 Å². The van der Waals surface area contributed by atoms with E-state index in [0.29, 0.717) is 6.04 Å². The minimum absolute atomic E-state index is 0.517. The number of nitrogens with zero attached hydrogens (tertiary/aromatic N) is 3. The number of halogens is 2. The molecule has 1 atom stereocenters. The van der Waals surface area contributed by atoms with Gasteiger partial charge in [0.2, 0.25) is 5.95 Å². The Morgan fingerprint density at radius 3 is 2.93 bits per heavy atom. The molecule has 0 bridgehead atoms. The van der Waals surface area contributed by atoms with Crippen molar-refractivity contribution in [3.05, 3.63) is 16.0 Å². The molecule has 1 aromatic heterocycles. The smallest absolute Gasteiger partial charge is 0.225 e. The molecule has 0 radical (unpaired) electrons. The van der Waals surface area contributed by atoms with Crippen molar-refractivity contribution in [1.82, 2.24) is 9.97 Å². The summed E-state index contributed by atoms with van der Waals surface area (Å²) in [7, 11) is 0. The zero-order chi connectivity index (χ0) is 10.7. The summed E-state index contributed by atoms with van der Waals surface area (Å²) in [6, 6.07) is 0.517. The van der Waals surface area contributed by atoms with Crippen LogP contribution in [0.4, 0.5) is 5.95 Å². The van der Waals surface area contributed by atoms with Crippen molar-refractivity contribution in [2.75, 3.05) is 28.3 Å². The Kier molecular flexibility index (Phi) is 4.51. The first-order chi connectivity index (χ1) is 7.31. The van der Waals surface area contributed by atoms with Gasteiger partial charge in [-0.1, -0.05) is 15.9 Å². The summed E-state index contributed by atoms with van der Waals surface area (Å²) < 4.78 is 1.08. The third kappa shape index (κ3) is 2.97. The van der Waals surface area contributed by atoms with E-state index >= 15 is 0 Å². The second-order valence-corrected chi connectivity index (χ2v) is 6.32. The van der Waals surface area contributed by atoms with Crippen LogP contribution in [0, 0.1) is 3.57 Å². The Balaban J connectivity index is 2.16. The summed E-state index contributed by atoms with van der Waals surface area (Å²) in [5, 5.41) is 0.981. The third-order valence-corrected chi connectivity index (χ3v) is 4.67. The van der Waals surface area contributed by atoms with Gasteiger partial charge in [-0.05, 0) is 22.6 Å². The number of alkyl halides is 1. The van der Waals surface area contributed by atoms with Gasteiger partial charge in [-0.15, -0.1) is 0 Å². The van der Waals surface area contributed by atoms with Crippen molar-refractivity contribution in [3.63, 3.8) is 0 Å². The number of anilines is 1. The SMILES string of the molecule is BrCC1CSCCN1c1ncc(I)cn1. The summed E-state index contributed by atoms with van der Waals surface area (Å²) in [4.78, 5) is 11.0. The minimum atomic E-state index is 0.517. The molecule has 0 saturated carbocycles. The second-order valence-electron chi connectivity index (χ2n) is 3.28. The lowest BCUT2D eigenvalue weighted by Gasteiger charge is -2.34. The minimum Gasteiger partial charge on any atom is -0.335 e. The van der Waals surface area contributed by atoms with Gasteiger partial charge in [-0.3, -0.25) is 0 Å². The molecule has 0 spiro atoms. The first-order valence-electron chi connectivity index (χ1n) is 4.69. The molecule has 0 N–H and O–H groups in total. The van der Waals surface area contributed by atoms with Crippen LogP contribution in [-0.2, 0) is 0 Å². The fourth-order valence-electron chi connectivity index (χ4n) is 1.50. The molecule has 1 saturated heterocycles. The zero-order valence-electron chi connectivity index (χ0n) is 8.07. The van der Waals surface area contributed by atoms with E-state index in [9.17, 15) is 0 Å². The van der Waals surface area contributed by atoms with E-state index in [2.05, 4.69) is 53.4 Å². The first-order valence-corrected chi connectivity index (χ1v) is 8.04.